The van der Waals surface area contributed by atoms with Crippen molar-refractivity contribution in [3.8, 4) is 0 Å². The molecule has 1 aliphatic carbocycles. The van der Waals surface area contributed by atoms with Gasteiger partial charge >= 0.3 is 0 Å². The van der Waals surface area contributed by atoms with Gasteiger partial charge in [-0.15, -0.1) is 0 Å². The molecular weight excluding hydrogens is 240 g/mol. The maximum absolute atomic E-state index is 12.6. The van der Waals surface area contributed by atoms with E-state index in [1.807, 2.05) is 27.7 Å². The first-order valence-corrected chi connectivity index (χ1v) is 7.65. The third kappa shape index (κ3) is 3.19. The zero-order chi connectivity index (χ0) is 14.3. The fourth-order valence-corrected chi connectivity index (χ4v) is 3.89. The molecule has 2 aliphatic rings. The summed E-state index contributed by atoms with van der Waals surface area (Å²) < 4.78 is 5.98. The summed E-state index contributed by atoms with van der Waals surface area (Å²) >= 11 is 0. The second-order valence-electron chi connectivity index (χ2n) is 7.47. The molecular formula is C16H28O3. The number of rotatable bonds is 3. The van der Waals surface area contributed by atoms with E-state index in [2.05, 4.69) is 0 Å². The van der Waals surface area contributed by atoms with Crippen molar-refractivity contribution >= 4 is 5.78 Å². The zero-order valence-electron chi connectivity index (χ0n) is 12.7. The highest BCUT2D eigenvalue weighted by Crippen LogP contribution is 2.43. The molecule has 0 amide bonds. The third-order valence-corrected chi connectivity index (χ3v) is 4.81. The van der Waals surface area contributed by atoms with Crippen LogP contribution in [-0.2, 0) is 9.53 Å². The number of aliphatic hydroxyl groups excluding tert-OH is 1. The molecule has 110 valence electrons. The van der Waals surface area contributed by atoms with Crippen LogP contribution >= 0.6 is 0 Å². The van der Waals surface area contributed by atoms with Crippen molar-refractivity contribution in [2.45, 2.75) is 83.5 Å². The number of carbonyl (C=O) groups is 1. The zero-order valence-corrected chi connectivity index (χ0v) is 12.7. The van der Waals surface area contributed by atoms with Crippen molar-refractivity contribution in [1.29, 1.82) is 0 Å². The fourth-order valence-electron chi connectivity index (χ4n) is 3.89. The first-order chi connectivity index (χ1) is 8.73. The summed E-state index contributed by atoms with van der Waals surface area (Å²) in [5.41, 5.74) is -0.730. The van der Waals surface area contributed by atoms with Gasteiger partial charge in [-0.1, -0.05) is 19.3 Å². The van der Waals surface area contributed by atoms with Crippen molar-refractivity contribution in [3.05, 3.63) is 0 Å². The highest BCUT2D eigenvalue weighted by Gasteiger charge is 2.51. The van der Waals surface area contributed by atoms with Crippen molar-refractivity contribution < 1.29 is 14.6 Å². The third-order valence-electron chi connectivity index (χ3n) is 4.81. The van der Waals surface area contributed by atoms with Gasteiger partial charge in [0.2, 0.25) is 0 Å². The first kappa shape index (κ1) is 15.0. The topological polar surface area (TPSA) is 46.5 Å². The fraction of sp³-hybridized carbons (Fsp3) is 0.938. The van der Waals surface area contributed by atoms with Gasteiger partial charge in [-0.3, -0.25) is 4.79 Å². The smallest absolute Gasteiger partial charge is 0.167 e. The van der Waals surface area contributed by atoms with Crippen LogP contribution in [0.4, 0.5) is 0 Å². The Hall–Kier alpha value is -0.410. The molecule has 0 aromatic carbocycles. The quantitative estimate of drug-likeness (QED) is 0.855. The summed E-state index contributed by atoms with van der Waals surface area (Å²) in [6.45, 7) is 7.99. The molecule has 1 N–H and O–H groups in total. The lowest BCUT2D eigenvalue weighted by Crippen LogP contribution is -2.42. The first-order valence-electron chi connectivity index (χ1n) is 7.65. The van der Waals surface area contributed by atoms with E-state index in [1.165, 1.54) is 6.42 Å². The SMILES string of the molecule is CC1(C)CC(C(=O)C(O)C2CCCCC2)C(C)(C)O1. The predicted molar refractivity (Wildman–Crippen MR) is 74.9 cm³/mol. The van der Waals surface area contributed by atoms with Crippen LogP contribution in [0.3, 0.4) is 0 Å². The van der Waals surface area contributed by atoms with Gasteiger partial charge in [-0.05, 0) is 52.9 Å². The normalized spacial score (nSPS) is 32.2. The van der Waals surface area contributed by atoms with Crippen LogP contribution in [0.1, 0.15) is 66.2 Å². The number of carbonyl (C=O) groups excluding carboxylic acids is 1. The molecule has 1 saturated heterocycles. The number of ether oxygens (including phenoxy) is 1. The van der Waals surface area contributed by atoms with Crippen LogP contribution in [-0.4, -0.2) is 28.2 Å². The predicted octanol–water partition coefficient (Wildman–Crippen LogP) is 3.09. The largest absolute Gasteiger partial charge is 0.385 e. The minimum absolute atomic E-state index is 0.00229. The standard InChI is InChI=1S/C16H28O3/c1-15(2)10-12(16(3,4)19-15)14(18)13(17)11-8-6-5-7-9-11/h11-13,17H,5-10H2,1-4H3. The highest BCUT2D eigenvalue weighted by atomic mass is 16.5. The minimum Gasteiger partial charge on any atom is -0.385 e. The molecule has 19 heavy (non-hydrogen) atoms. The Morgan fingerprint density at radius 2 is 1.74 bits per heavy atom. The Kier molecular flexibility index (Phi) is 4.08. The Morgan fingerprint density at radius 1 is 1.16 bits per heavy atom. The minimum atomic E-state index is -0.790. The lowest BCUT2D eigenvalue weighted by Gasteiger charge is -2.31. The van der Waals surface area contributed by atoms with E-state index >= 15 is 0 Å². The molecule has 0 bridgehead atoms. The lowest BCUT2D eigenvalue weighted by molar-refractivity contribution is -0.140. The van der Waals surface area contributed by atoms with Crippen LogP contribution in [0.5, 0.6) is 0 Å². The molecule has 2 unspecified atom stereocenters. The van der Waals surface area contributed by atoms with E-state index in [-0.39, 0.29) is 23.2 Å². The second kappa shape index (κ2) is 5.17. The number of ketones is 1. The van der Waals surface area contributed by atoms with Crippen LogP contribution in [0, 0.1) is 11.8 Å². The average Bonchev–Trinajstić information content (AvgIpc) is 2.56. The van der Waals surface area contributed by atoms with Crippen molar-refractivity contribution in [2.24, 2.45) is 11.8 Å². The van der Waals surface area contributed by atoms with Crippen LogP contribution in [0.2, 0.25) is 0 Å². The summed E-state index contributed by atoms with van der Waals surface area (Å²) in [6.07, 6.45) is 5.43. The summed E-state index contributed by atoms with van der Waals surface area (Å²) in [5.74, 6) is -0.0114. The number of Topliss-reactive ketones (excluding diaryl/α,β-unsaturated/α-hetero) is 1. The molecule has 3 heteroatoms. The molecule has 0 spiro atoms. The van der Waals surface area contributed by atoms with Crippen molar-refractivity contribution in [1.82, 2.24) is 0 Å². The van der Waals surface area contributed by atoms with E-state index in [4.69, 9.17) is 4.74 Å². The molecule has 3 nitrogen and oxygen atoms in total. The highest BCUT2D eigenvalue weighted by molar-refractivity contribution is 5.87. The van der Waals surface area contributed by atoms with E-state index in [0.717, 1.165) is 25.7 Å². The molecule has 2 fully saturated rings. The van der Waals surface area contributed by atoms with Crippen LogP contribution < -0.4 is 0 Å². The summed E-state index contributed by atoms with van der Waals surface area (Å²) in [7, 11) is 0. The molecule has 0 aromatic rings. The van der Waals surface area contributed by atoms with Crippen LogP contribution in [0.25, 0.3) is 0 Å². The molecule has 0 aromatic heterocycles. The maximum Gasteiger partial charge on any atom is 0.167 e. The molecule has 1 heterocycles. The van der Waals surface area contributed by atoms with Gasteiger partial charge in [0.15, 0.2) is 5.78 Å². The lowest BCUT2D eigenvalue weighted by atomic mass is 9.76. The summed E-state index contributed by atoms with van der Waals surface area (Å²) in [4.78, 5) is 12.6. The van der Waals surface area contributed by atoms with Crippen LogP contribution in [0.15, 0.2) is 0 Å². The molecule has 2 rings (SSSR count). The van der Waals surface area contributed by atoms with Gasteiger partial charge in [0.25, 0.3) is 0 Å². The molecule has 2 atom stereocenters. The Bertz CT molecular complexity index is 340. The molecule has 1 saturated carbocycles. The van der Waals surface area contributed by atoms with Gasteiger partial charge < -0.3 is 9.84 Å². The van der Waals surface area contributed by atoms with Gasteiger partial charge in [0, 0.05) is 0 Å². The van der Waals surface area contributed by atoms with Gasteiger partial charge in [0.1, 0.15) is 6.10 Å². The Labute approximate surface area is 116 Å². The molecule has 0 radical (unpaired) electrons. The Morgan fingerprint density at radius 3 is 2.21 bits per heavy atom. The van der Waals surface area contributed by atoms with Gasteiger partial charge in [-0.25, -0.2) is 0 Å². The molecule has 1 aliphatic heterocycles. The second-order valence-corrected chi connectivity index (χ2v) is 7.47. The number of hydrogen-bond donors (Lipinski definition) is 1. The average molecular weight is 268 g/mol. The van der Waals surface area contributed by atoms with Gasteiger partial charge in [-0.2, -0.15) is 0 Å². The number of aliphatic hydroxyl groups is 1. The summed E-state index contributed by atoms with van der Waals surface area (Å²) in [6, 6.07) is 0. The van der Waals surface area contributed by atoms with Crippen molar-refractivity contribution in [3.63, 3.8) is 0 Å². The van der Waals surface area contributed by atoms with Gasteiger partial charge in [0.05, 0.1) is 17.1 Å². The Balaban J connectivity index is 2.06. The monoisotopic (exact) mass is 268 g/mol. The van der Waals surface area contributed by atoms with E-state index in [0.29, 0.717) is 6.42 Å². The maximum atomic E-state index is 12.6. The van der Waals surface area contributed by atoms with E-state index < -0.39 is 11.7 Å². The number of hydrogen-bond acceptors (Lipinski definition) is 3. The van der Waals surface area contributed by atoms with E-state index in [9.17, 15) is 9.90 Å². The van der Waals surface area contributed by atoms with E-state index in [1.54, 1.807) is 0 Å². The van der Waals surface area contributed by atoms with Crippen molar-refractivity contribution in [2.75, 3.05) is 0 Å². The summed E-state index contributed by atoms with van der Waals surface area (Å²) in [5, 5.41) is 10.4.